The Bertz CT molecular complexity index is 652. The fourth-order valence-corrected chi connectivity index (χ4v) is 2.72. The average molecular weight is 290 g/mol. The molecule has 5 heteroatoms. The van der Waals surface area contributed by atoms with Crippen molar-refractivity contribution in [3.05, 3.63) is 35.6 Å². The highest BCUT2D eigenvalue weighted by Crippen LogP contribution is 2.39. The number of ether oxygens (including phenoxy) is 1. The van der Waals surface area contributed by atoms with Crippen molar-refractivity contribution in [3.63, 3.8) is 0 Å². The molecule has 0 saturated carbocycles. The van der Waals surface area contributed by atoms with Crippen molar-refractivity contribution in [2.24, 2.45) is 0 Å². The van der Waals surface area contributed by atoms with Crippen LogP contribution in [0.2, 0.25) is 0 Å². The minimum atomic E-state index is -0.284. The fraction of sp³-hybridized carbons (Fsp3) is 0.438. The van der Waals surface area contributed by atoms with E-state index < -0.39 is 0 Å². The van der Waals surface area contributed by atoms with Crippen molar-refractivity contribution in [2.75, 3.05) is 6.61 Å². The molecule has 1 aromatic heterocycles. The van der Waals surface area contributed by atoms with Gasteiger partial charge in [-0.25, -0.2) is 9.07 Å². The minimum absolute atomic E-state index is 0.0161. The molecule has 1 aliphatic heterocycles. The van der Waals surface area contributed by atoms with Crippen LogP contribution in [-0.4, -0.2) is 27.6 Å². The molecule has 0 unspecified atom stereocenters. The number of aromatic nitrogens is 2. The Kier molecular flexibility index (Phi) is 3.68. The monoisotopic (exact) mass is 290 g/mol. The molecule has 1 atom stereocenters. The van der Waals surface area contributed by atoms with Gasteiger partial charge in [0.25, 0.3) is 0 Å². The normalized spacial score (nSPS) is 17.7. The summed E-state index contributed by atoms with van der Waals surface area (Å²) in [6.45, 7) is 4.73. The van der Waals surface area contributed by atoms with Gasteiger partial charge >= 0.3 is 0 Å². The first kappa shape index (κ1) is 14.1. The molecule has 4 nitrogen and oxygen atoms in total. The van der Waals surface area contributed by atoms with Gasteiger partial charge in [-0.05, 0) is 18.1 Å². The van der Waals surface area contributed by atoms with Crippen LogP contribution in [0.1, 0.15) is 31.7 Å². The van der Waals surface area contributed by atoms with Gasteiger partial charge in [-0.2, -0.15) is 5.10 Å². The molecule has 0 saturated heterocycles. The van der Waals surface area contributed by atoms with E-state index in [-0.39, 0.29) is 24.4 Å². The Morgan fingerprint density at radius 2 is 2.19 bits per heavy atom. The second-order valence-corrected chi connectivity index (χ2v) is 5.64. The molecule has 21 heavy (non-hydrogen) atoms. The summed E-state index contributed by atoms with van der Waals surface area (Å²) in [4.78, 5) is 0. The number of hydrogen-bond acceptors (Lipinski definition) is 3. The van der Waals surface area contributed by atoms with Crippen molar-refractivity contribution >= 4 is 0 Å². The zero-order valence-corrected chi connectivity index (χ0v) is 12.2. The van der Waals surface area contributed by atoms with Crippen LogP contribution in [0, 0.1) is 5.82 Å². The smallest absolute Gasteiger partial charge is 0.216 e. The highest BCUT2D eigenvalue weighted by molar-refractivity contribution is 5.67. The van der Waals surface area contributed by atoms with Crippen molar-refractivity contribution in [3.8, 4) is 17.1 Å². The third kappa shape index (κ3) is 2.42. The zero-order valence-electron chi connectivity index (χ0n) is 12.2. The van der Waals surface area contributed by atoms with Crippen LogP contribution < -0.4 is 4.74 Å². The molecule has 0 fully saturated rings. The van der Waals surface area contributed by atoms with Crippen LogP contribution >= 0.6 is 0 Å². The molecule has 3 rings (SSSR count). The minimum Gasteiger partial charge on any atom is -0.472 e. The van der Waals surface area contributed by atoms with Crippen molar-refractivity contribution in [2.45, 2.75) is 38.8 Å². The van der Waals surface area contributed by atoms with Crippen LogP contribution in [0.4, 0.5) is 4.39 Å². The van der Waals surface area contributed by atoms with Gasteiger partial charge in [0.15, 0.2) is 0 Å². The van der Waals surface area contributed by atoms with E-state index >= 15 is 0 Å². The number of benzene rings is 1. The lowest BCUT2D eigenvalue weighted by atomic mass is 9.98. The second kappa shape index (κ2) is 5.48. The Labute approximate surface area is 123 Å². The van der Waals surface area contributed by atoms with Crippen LogP contribution in [0.25, 0.3) is 11.3 Å². The van der Waals surface area contributed by atoms with Gasteiger partial charge in [-0.3, -0.25) is 0 Å². The molecule has 1 aromatic carbocycles. The molecular formula is C16H19FN2O2. The van der Waals surface area contributed by atoms with Gasteiger partial charge in [0.1, 0.15) is 17.6 Å². The standard InChI is InChI=1S/C16H19FN2O2/c1-10(2)14-15(12-5-3-4-6-13(12)17)18-19-8-7-11(9-20)21-16(14)19/h3-6,10-11,20H,7-9H2,1-2H3/t11-/m0/s1. The summed E-state index contributed by atoms with van der Waals surface area (Å²) in [6, 6.07) is 6.65. The van der Waals surface area contributed by atoms with Crippen LogP contribution in [-0.2, 0) is 6.54 Å². The molecule has 0 radical (unpaired) electrons. The third-order valence-corrected chi connectivity index (χ3v) is 3.79. The Hall–Kier alpha value is -1.88. The Morgan fingerprint density at radius 3 is 2.86 bits per heavy atom. The van der Waals surface area contributed by atoms with E-state index in [1.165, 1.54) is 6.07 Å². The van der Waals surface area contributed by atoms with E-state index in [1.807, 2.05) is 13.8 Å². The maximum atomic E-state index is 14.1. The maximum absolute atomic E-state index is 14.1. The summed E-state index contributed by atoms with van der Waals surface area (Å²) >= 11 is 0. The molecule has 2 heterocycles. The highest BCUT2D eigenvalue weighted by atomic mass is 19.1. The number of halogens is 1. The van der Waals surface area contributed by atoms with Gasteiger partial charge in [-0.1, -0.05) is 26.0 Å². The van der Waals surface area contributed by atoms with Crippen molar-refractivity contribution in [1.82, 2.24) is 9.78 Å². The molecule has 0 bridgehead atoms. The fourth-order valence-electron chi connectivity index (χ4n) is 2.72. The Morgan fingerprint density at radius 1 is 1.43 bits per heavy atom. The summed E-state index contributed by atoms with van der Waals surface area (Å²) in [7, 11) is 0. The van der Waals surface area contributed by atoms with E-state index in [9.17, 15) is 9.50 Å². The van der Waals surface area contributed by atoms with Gasteiger partial charge in [0.05, 0.1) is 6.61 Å². The summed E-state index contributed by atoms with van der Waals surface area (Å²) < 4.78 is 21.7. The lowest BCUT2D eigenvalue weighted by Crippen LogP contribution is -2.29. The molecule has 1 N–H and O–H groups in total. The molecule has 112 valence electrons. The zero-order chi connectivity index (χ0) is 15.0. The van der Waals surface area contributed by atoms with Crippen molar-refractivity contribution < 1.29 is 14.2 Å². The number of nitrogens with zero attached hydrogens (tertiary/aromatic N) is 2. The maximum Gasteiger partial charge on any atom is 0.216 e. The SMILES string of the molecule is CC(C)c1c(-c2ccccc2F)nn2c1O[C@H](CO)CC2. The van der Waals surface area contributed by atoms with Gasteiger partial charge < -0.3 is 9.84 Å². The van der Waals surface area contributed by atoms with Gasteiger partial charge in [0, 0.05) is 24.1 Å². The molecular weight excluding hydrogens is 271 g/mol. The number of aryl methyl sites for hydroxylation is 1. The first-order chi connectivity index (χ1) is 10.1. The third-order valence-electron chi connectivity index (χ3n) is 3.79. The van der Waals surface area contributed by atoms with E-state index in [0.717, 1.165) is 5.56 Å². The molecule has 0 aliphatic carbocycles. The van der Waals surface area contributed by atoms with Gasteiger partial charge in [0.2, 0.25) is 5.88 Å². The summed E-state index contributed by atoms with van der Waals surface area (Å²) in [6.07, 6.45) is 0.500. The van der Waals surface area contributed by atoms with E-state index in [4.69, 9.17) is 4.74 Å². The number of fused-ring (bicyclic) bond motifs is 1. The lowest BCUT2D eigenvalue weighted by molar-refractivity contribution is 0.0721. The first-order valence-electron chi connectivity index (χ1n) is 7.25. The largest absolute Gasteiger partial charge is 0.472 e. The van der Waals surface area contributed by atoms with E-state index in [2.05, 4.69) is 5.10 Å². The number of hydrogen-bond donors (Lipinski definition) is 1. The summed E-state index contributed by atoms with van der Waals surface area (Å²) in [5.41, 5.74) is 2.03. The molecule has 0 amide bonds. The van der Waals surface area contributed by atoms with E-state index in [0.29, 0.717) is 30.1 Å². The molecule has 2 aromatic rings. The molecule has 0 spiro atoms. The lowest BCUT2D eigenvalue weighted by Gasteiger charge is -2.24. The van der Waals surface area contributed by atoms with Crippen LogP contribution in [0.15, 0.2) is 24.3 Å². The predicted octanol–water partition coefficient (Wildman–Crippen LogP) is 2.96. The highest BCUT2D eigenvalue weighted by Gasteiger charge is 2.29. The first-order valence-corrected chi connectivity index (χ1v) is 7.25. The summed E-state index contributed by atoms with van der Waals surface area (Å²) in [5, 5.41) is 13.8. The average Bonchev–Trinajstić information content (AvgIpc) is 2.85. The van der Waals surface area contributed by atoms with Crippen molar-refractivity contribution in [1.29, 1.82) is 0 Å². The van der Waals surface area contributed by atoms with Crippen LogP contribution in [0.5, 0.6) is 5.88 Å². The predicted molar refractivity (Wildman–Crippen MR) is 77.8 cm³/mol. The molecule has 1 aliphatic rings. The second-order valence-electron chi connectivity index (χ2n) is 5.64. The van der Waals surface area contributed by atoms with Crippen LogP contribution in [0.3, 0.4) is 0 Å². The Balaban J connectivity index is 2.14. The summed E-state index contributed by atoms with van der Waals surface area (Å²) in [5.74, 6) is 0.530. The number of rotatable bonds is 3. The quantitative estimate of drug-likeness (QED) is 0.945. The number of aliphatic hydroxyl groups excluding tert-OH is 1. The van der Waals surface area contributed by atoms with Gasteiger partial charge in [-0.15, -0.1) is 0 Å². The van der Waals surface area contributed by atoms with E-state index in [1.54, 1.807) is 22.9 Å². The topological polar surface area (TPSA) is 47.3 Å². The number of aliphatic hydroxyl groups is 1.